The van der Waals surface area contributed by atoms with Crippen molar-refractivity contribution in [1.29, 1.82) is 0 Å². The molecule has 1 aromatic heterocycles. The Bertz CT molecular complexity index is 667. The maximum absolute atomic E-state index is 12.7. The van der Waals surface area contributed by atoms with Gasteiger partial charge < -0.3 is 19.9 Å². The summed E-state index contributed by atoms with van der Waals surface area (Å²) in [7, 11) is 0. The van der Waals surface area contributed by atoms with Crippen LogP contribution in [0.25, 0.3) is 0 Å². The van der Waals surface area contributed by atoms with Crippen LogP contribution in [0, 0.1) is 19.8 Å². The molecule has 2 saturated heterocycles. The van der Waals surface area contributed by atoms with E-state index in [-0.39, 0.29) is 29.9 Å². The molecule has 1 aromatic rings. The Balaban J connectivity index is 0.00000280. The van der Waals surface area contributed by atoms with Gasteiger partial charge in [0, 0.05) is 43.5 Å². The van der Waals surface area contributed by atoms with E-state index in [0.29, 0.717) is 25.7 Å². The van der Waals surface area contributed by atoms with E-state index in [9.17, 15) is 4.79 Å². The molecule has 0 spiro atoms. The van der Waals surface area contributed by atoms with E-state index in [0.717, 1.165) is 62.2 Å². The number of guanidine groups is 1. The first-order valence-corrected chi connectivity index (χ1v) is 10.7. The second-order valence-corrected chi connectivity index (χ2v) is 8.40. The monoisotopic (exact) mass is 521 g/mol. The molecule has 158 valence electrons. The first-order valence-electron chi connectivity index (χ1n) is 9.91. The Morgan fingerprint density at radius 2 is 1.89 bits per heavy atom. The number of nitrogens with zero attached hydrogens (tertiary/aromatic N) is 4. The zero-order chi connectivity index (χ0) is 19.2. The number of rotatable bonds is 4. The maximum Gasteiger partial charge on any atom is 0.225 e. The summed E-state index contributed by atoms with van der Waals surface area (Å²) in [5, 5.41) is 4.49. The number of hydrogen-bond donors (Lipinski definition) is 1. The summed E-state index contributed by atoms with van der Waals surface area (Å²) < 4.78 is 5.36. The molecule has 7 nitrogen and oxygen atoms in total. The third kappa shape index (κ3) is 6.03. The van der Waals surface area contributed by atoms with Crippen LogP contribution in [0.2, 0.25) is 0 Å². The Kier molecular flexibility index (Phi) is 9.42. The Morgan fingerprint density at radius 3 is 2.46 bits per heavy atom. The Labute approximate surface area is 189 Å². The van der Waals surface area contributed by atoms with Gasteiger partial charge in [0.15, 0.2) is 5.96 Å². The molecule has 2 fully saturated rings. The number of halogens is 1. The lowest BCUT2D eigenvalue weighted by atomic mass is 9.95. The molecule has 1 amide bonds. The minimum absolute atomic E-state index is 0. The highest BCUT2D eigenvalue weighted by Crippen LogP contribution is 2.21. The number of morpholine rings is 1. The van der Waals surface area contributed by atoms with Gasteiger partial charge in [-0.1, -0.05) is 0 Å². The lowest BCUT2D eigenvalue weighted by Crippen LogP contribution is -2.50. The average molecular weight is 521 g/mol. The zero-order valence-corrected chi connectivity index (χ0v) is 20.2. The van der Waals surface area contributed by atoms with E-state index in [1.54, 1.807) is 11.3 Å². The standard InChI is InChI=1S/C19H31N5O2S.HI/c1-4-20-19(21-13-17-14(2)22-15(3)27-17)24-7-5-16(6-8-24)18(25)23-9-11-26-12-10-23;/h16H,4-13H2,1-3H3,(H,20,21);1H. The number of amides is 1. The summed E-state index contributed by atoms with van der Waals surface area (Å²) in [6.07, 6.45) is 1.78. The third-order valence-corrected chi connectivity index (χ3v) is 6.23. The average Bonchev–Trinajstić information content (AvgIpc) is 3.02. The normalized spacial score (nSPS) is 18.8. The number of aryl methyl sites for hydroxylation is 2. The number of ether oxygens (including phenoxy) is 1. The van der Waals surface area contributed by atoms with E-state index in [1.165, 1.54) is 4.88 Å². The van der Waals surface area contributed by atoms with Crippen molar-refractivity contribution >= 4 is 47.2 Å². The van der Waals surface area contributed by atoms with Crippen molar-refractivity contribution in [2.45, 2.75) is 40.2 Å². The molecule has 1 N–H and O–H groups in total. The van der Waals surface area contributed by atoms with Crippen LogP contribution >= 0.6 is 35.3 Å². The molecule has 3 rings (SSSR count). The van der Waals surface area contributed by atoms with Crippen LogP contribution < -0.4 is 5.32 Å². The minimum atomic E-state index is 0. The van der Waals surface area contributed by atoms with E-state index in [1.807, 2.05) is 18.7 Å². The van der Waals surface area contributed by atoms with Crippen molar-refractivity contribution < 1.29 is 9.53 Å². The molecule has 0 unspecified atom stereocenters. The van der Waals surface area contributed by atoms with Gasteiger partial charge in [0.1, 0.15) is 0 Å². The summed E-state index contributed by atoms with van der Waals surface area (Å²) in [5.41, 5.74) is 1.08. The molecular formula is C19H32IN5O2S. The molecule has 2 aliphatic rings. The minimum Gasteiger partial charge on any atom is -0.378 e. The summed E-state index contributed by atoms with van der Waals surface area (Å²) in [6.45, 7) is 12.2. The summed E-state index contributed by atoms with van der Waals surface area (Å²) in [5.74, 6) is 1.38. The highest BCUT2D eigenvalue weighted by Gasteiger charge is 2.30. The fraction of sp³-hybridized carbons (Fsp3) is 0.737. The van der Waals surface area contributed by atoms with E-state index < -0.39 is 0 Å². The van der Waals surface area contributed by atoms with Gasteiger partial charge in [-0.15, -0.1) is 35.3 Å². The molecule has 0 aromatic carbocycles. The van der Waals surface area contributed by atoms with Crippen molar-refractivity contribution in [3.05, 3.63) is 15.6 Å². The van der Waals surface area contributed by atoms with Crippen LogP contribution in [0.5, 0.6) is 0 Å². The van der Waals surface area contributed by atoms with E-state index >= 15 is 0 Å². The molecule has 9 heteroatoms. The predicted molar refractivity (Wildman–Crippen MR) is 124 cm³/mol. The lowest BCUT2D eigenvalue weighted by molar-refractivity contribution is -0.140. The Morgan fingerprint density at radius 1 is 1.21 bits per heavy atom. The second kappa shape index (κ2) is 11.3. The maximum atomic E-state index is 12.7. The van der Waals surface area contributed by atoms with Crippen molar-refractivity contribution in [1.82, 2.24) is 20.1 Å². The number of carbonyl (C=O) groups excluding carboxylic acids is 1. The number of aromatic nitrogens is 1. The summed E-state index contributed by atoms with van der Waals surface area (Å²) >= 11 is 1.72. The van der Waals surface area contributed by atoms with Crippen molar-refractivity contribution in [2.75, 3.05) is 45.9 Å². The molecule has 0 radical (unpaired) electrons. The number of likely N-dealkylation sites (tertiary alicyclic amines) is 1. The number of nitrogens with one attached hydrogen (secondary N) is 1. The summed E-state index contributed by atoms with van der Waals surface area (Å²) in [4.78, 5) is 27.5. The van der Waals surface area contributed by atoms with Gasteiger partial charge >= 0.3 is 0 Å². The van der Waals surface area contributed by atoms with Gasteiger partial charge in [-0.25, -0.2) is 9.98 Å². The molecule has 28 heavy (non-hydrogen) atoms. The highest BCUT2D eigenvalue weighted by atomic mass is 127. The lowest BCUT2D eigenvalue weighted by Gasteiger charge is -2.36. The van der Waals surface area contributed by atoms with Crippen LogP contribution in [0.3, 0.4) is 0 Å². The van der Waals surface area contributed by atoms with Crippen molar-refractivity contribution in [3.63, 3.8) is 0 Å². The highest BCUT2D eigenvalue weighted by molar-refractivity contribution is 14.0. The van der Waals surface area contributed by atoms with Gasteiger partial charge in [-0.2, -0.15) is 0 Å². The molecule has 2 aliphatic heterocycles. The van der Waals surface area contributed by atoms with Crippen LogP contribution in [0.15, 0.2) is 4.99 Å². The number of carbonyl (C=O) groups is 1. The fourth-order valence-electron chi connectivity index (χ4n) is 3.67. The Hall–Kier alpha value is -0.940. The molecule has 0 saturated carbocycles. The molecule has 0 bridgehead atoms. The molecule has 0 aliphatic carbocycles. The first kappa shape index (κ1) is 23.3. The van der Waals surface area contributed by atoms with Crippen LogP contribution in [0.1, 0.15) is 35.3 Å². The second-order valence-electron chi connectivity index (χ2n) is 7.11. The first-order chi connectivity index (χ1) is 13.1. The van der Waals surface area contributed by atoms with Crippen LogP contribution in [-0.2, 0) is 16.1 Å². The smallest absolute Gasteiger partial charge is 0.225 e. The SMILES string of the molecule is CCNC(=NCc1sc(C)nc1C)N1CCC(C(=O)N2CCOCC2)CC1.I. The van der Waals surface area contributed by atoms with Crippen LogP contribution in [-0.4, -0.2) is 72.6 Å². The van der Waals surface area contributed by atoms with Crippen molar-refractivity contribution in [2.24, 2.45) is 10.9 Å². The zero-order valence-electron chi connectivity index (χ0n) is 17.1. The van der Waals surface area contributed by atoms with Gasteiger partial charge in [-0.3, -0.25) is 4.79 Å². The quantitative estimate of drug-likeness (QED) is 0.375. The molecule has 0 atom stereocenters. The van der Waals surface area contributed by atoms with E-state index in [4.69, 9.17) is 9.73 Å². The van der Waals surface area contributed by atoms with Gasteiger partial charge in [0.2, 0.25) is 5.91 Å². The van der Waals surface area contributed by atoms with Crippen LogP contribution in [0.4, 0.5) is 0 Å². The van der Waals surface area contributed by atoms with E-state index in [2.05, 4.69) is 22.1 Å². The fourth-order valence-corrected chi connectivity index (χ4v) is 4.53. The third-order valence-electron chi connectivity index (χ3n) is 5.17. The molecular weight excluding hydrogens is 489 g/mol. The molecule has 3 heterocycles. The predicted octanol–water partition coefficient (Wildman–Crippen LogP) is 2.41. The number of aliphatic imine (C=N–C) groups is 1. The van der Waals surface area contributed by atoms with Crippen molar-refractivity contribution in [3.8, 4) is 0 Å². The number of hydrogen-bond acceptors (Lipinski definition) is 5. The van der Waals surface area contributed by atoms with Gasteiger partial charge in [-0.05, 0) is 33.6 Å². The number of piperidine rings is 1. The topological polar surface area (TPSA) is 70.1 Å². The van der Waals surface area contributed by atoms with Gasteiger partial charge in [0.05, 0.1) is 30.5 Å². The van der Waals surface area contributed by atoms with Gasteiger partial charge in [0.25, 0.3) is 0 Å². The number of thiazole rings is 1. The largest absolute Gasteiger partial charge is 0.378 e. The summed E-state index contributed by atoms with van der Waals surface area (Å²) in [6, 6.07) is 0.